The minimum atomic E-state index is -0.598. The zero-order chi connectivity index (χ0) is 29.2. The third-order valence-corrected chi connectivity index (χ3v) is 10.3. The maximum absolute atomic E-state index is 13.9. The number of hydrogen-bond donors (Lipinski definition) is 2. The Morgan fingerprint density at radius 3 is 2.15 bits per heavy atom. The second-order valence-electron chi connectivity index (χ2n) is 13.2. The third-order valence-electron chi connectivity index (χ3n) is 9.45. The number of aromatic nitrogens is 1. The minimum Gasteiger partial charge on any atom is -0.391 e. The number of aliphatic hydroxyl groups is 1. The lowest BCUT2D eigenvalue weighted by molar-refractivity contribution is -0.142. The second kappa shape index (κ2) is 16.0. The van der Waals surface area contributed by atoms with Gasteiger partial charge in [0.05, 0.1) is 29.6 Å². The van der Waals surface area contributed by atoms with E-state index >= 15 is 0 Å². The summed E-state index contributed by atoms with van der Waals surface area (Å²) in [5.74, 6) is 0.442. The van der Waals surface area contributed by atoms with Gasteiger partial charge in [-0.15, -0.1) is 11.3 Å². The lowest BCUT2D eigenvalue weighted by Crippen LogP contribution is -2.49. The van der Waals surface area contributed by atoms with Gasteiger partial charge in [0.2, 0.25) is 17.7 Å². The lowest BCUT2D eigenvalue weighted by Gasteiger charge is -2.32. The van der Waals surface area contributed by atoms with Gasteiger partial charge in [0.15, 0.2) is 0 Å². The molecular formula is C32H52N4O4S. The molecule has 3 fully saturated rings. The van der Waals surface area contributed by atoms with Gasteiger partial charge in [-0.2, -0.15) is 0 Å². The van der Waals surface area contributed by atoms with Crippen molar-refractivity contribution in [3.8, 4) is 0 Å². The molecule has 8 nitrogen and oxygen atoms in total. The maximum atomic E-state index is 13.9. The van der Waals surface area contributed by atoms with Crippen molar-refractivity contribution in [2.24, 2.45) is 23.7 Å². The highest BCUT2D eigenvalue weighted by atomic mass is 32.1. The molecule has 3 atom stereocenters. The molecule has 0 unspecified atom stereocenters. The average Bonchev–Trinajstić information content (AvgIpc) is 3.63. The molecule has 4 rings (SSSR count). The monoisotopic (exact) mass is 588 g/mol. The van der Waals surface area contributed by atoms with E-state index in [0.717, 1.165) is 69.2 Å². The van der Waals surface area contributed by atoms with Gasteiger partial charge in [-0.1, -0.05) is 64.2 Å². The maximum Gasteiger partial charge on any atom is 0.241 e. The molecule has 2 N–H and O–H groups in total. The zero-order valence-electron chi connectivity index (χ0n) is 25.3. The number of amides is 3. The summed E-state index contributed by atoms with van der Waals surface area (Å²) in [5.41, 5.74) is 0. The van der Waals surface area contributed by atoms with Crippen molar-refractivity contribution in [3.63, 3.8) is 0 Å². The highest BCUT2D eigenvalue weighted by molar-refractivity contribution is 7.09. The van der Waals surface area contributed by atoms with E-state index in [0.29, 0.717) is 30.7 Å². The molecule has 230 valence electrons. The highest BCUT2D eigenvalue weighted by Gasteiger charge is 2.34. The quantitative estimate of drug-likeness (QED) is 0.306. The van der Waals surface area contributed by atoms with Crippen molar-refractivity contribution in [1.82, 2.24) is 20.1 Å². The molecular weight excluding hydrogens is 536 g/mol. The first-order valence-corrected chi connectivity index (χ1v) is 17.0. The summed E-state index contributed by atoms with van der Waals surface area (Å²) in [6, 6.07) is -0.297. The summed E-state index contributed by atoms with van der Waals surface area (Å²) in [5, 5.41) is 17.1. The van der Waals surface area contributed by atoms with Crippen LogP contribution in [0.5, 0.6) is 0 Å². The van der Waals surface area contributed by atoms with Crippen LogP contribution in [-0.2, 0) is 20.8 Å². The number of rotatable bonds is 15. The Morgan fingerprint density at radius 1 is 0.927 bits per heavy atom. The summed E-state index contributed by atoms with van der Waals surface area (Å²) >= 11 is 1.49. The summed E-state index contributed by atoms with van der Waals surface area (Å²) in [6.07, 6.45) is 17.1. The smallest absolute Gasteiger partial charge is 0.241 e. The van der Waals surface area contributed by atoms with Gasteiger partial charge in [-0.05, 0) is 43.4 Å². The van der Waals surface area contributed by atoms with Crippen LogP contribution in [0.3, 0.4) is 0 Å². The van der Waals surface area contributed by atoms with Crippen LogP contribution in [0.1, 0.15) is 101 Å². The molecule has 3 aliphatic rings. The summed E-state index contributed by atoms with van der Waals surface area (Å²) in [4.78, 5) is 48.1. The predicted octanol–water partition coefficient (Wildman–Crippen LogP) is 4.81. The minimum absolute atomic E-state index is 0.0354. The third kappa shape index (κ3) is 10.7. The van der Waals surface area contributed by atoms with Crippen LogP contribution in [0.4, 0.5) is 0 Å². The standard InChI is InChI=1S/C32H52N4O4S/c1-35(2)31(39)22-36(21-25-11-7-4-8-12-25)30(38)20-26(19-29-33-15-16-41-29)32(40)34-27(28(37)18-24-13-14-24)17-23-9-5-3-6-10-23/h15-16,23-28,37H,3-14,17-22H2,1-2H3,(H,34,40)/t26-,27+,28+/m1/s1. The summed E-state index contributed by atoms with van der Waals surface area (Å²) in [6.45, 7) is 0.604. The molecule has 0 bridgehead atoms. The molecule has 3 aliphatic carbocycles. The SMILES string of the molecule is CN(C)C(=O)CN(CC1CCCCC1)C(=O)C[C@@H](Cc1nccs1)C(=O)N[C@@H](CC1CCCCC1)[C@@H](O)CC1CC1. The molecule has 0 saturated heterocycles. The van der Waals surface area contributed by atoms with Crippen LogP contribution in [0.15, 0.2) is 11.6 Å². The molecule has 0 spiro atoms. The number of nitrogens with zero attached hydrogens (tertiary/aromatic N) is 3. The Bertz CT molecular complexity index is 955. The number of carbonyl (C=O) groups is 3. The first kappa shape index (κ1) is 31.9. The number of nitrogens with one attached hydrogen (secondary N) is 1. The molecule has 41 heavy (non-hydrogen) atoms. The Balaban J connectivity index is 1.47. The first-order valence-electron chi connectivity index (χ1n) is 16.1. The molecule has 0 aromatic carbocycles. The second-order valence-corrected chi connectivity index (χ2v) is 14.2. The summed E-state index contributed by atoms with van der Waals surface area (Å²) in [7, 11) is 3.42. The molecule has 9 heteroatoms. The first-order chi connectivity index (χ1) is 19.8. The molecule has 3 amide bonds. The van der Waals surface area contributed by atoms with Gasteiger partial charge in [-0.3, -0.25) is 14.4 Å². The topological polar surface area (TPSA) is 103 Å². The van der Waals surface area contributed by atoms with Crippen molar-refractivity contribution >= 4 is 29.1 Å². The largest absolute Gasteiger partial charge is 0.391 e. The van der Waals surface area contributed by atoms with Crippen LogP contribution < -0.4 is 5.32 Å². The van der Waals surface area contributed by atoms with Crippen LogP contribution >= 0.6 is 11.3 Å². The van der Waals surface area contributed by atoms with E-state index in [1.54, 1.807) is 25.2 Å². The predicted molar refractivity (Wildman–Crippen MR) is 162 cm³/mol. The van der Waals surface area contributed by atoms with E-state index in [4.69, 9.17) is 0 Å². The lowest BCUT2D eigenvalue weighted by atomic mass is 9.83. The van der Waals surface area contributed by atoms with E-state index in [9.17, 15) is 19.5 Å². The molecule has 1 aromatic heterocycles. The molecule has 1 aromatic rings. The number of likely N-dealkylation sites (N-methyl/N-ethyl adjacent to an activating group) is 1. The van der Waals surface area contributed by atoms with Crippen molar-refractivity contribution < 1.29 is 19.5 Å². The van der Waals surface area contributed by atoms with Gasteiger partial charge >= 0.3 is 0 Å². The Morgan fingerprint density at radius 2 is 1.56 bits per heavy atom. The highest BCUT2D eigenvalue weighted by Crippen LogP contribution is 2.36. The number of carbonyl (C=O) groups excluding carboxylic acids is 3. The number of thiazole rings is 1. The normalized spacial score (nSPS) is 20.7. The van der Waals surface area contributed by atoms with Crippen LogP contribution in [0.2, 0.25) is 0 Å². The van der Waals surface area contributed by atoms with Crippen LogP contribution in [-0.4, -0.2) is 76.9 Å². The van der Waals surface area contributed by atoms with Crippen molar-refractivity contribution in [2.75, 3.05) is 27.2 Å². The fourth-order valence-electron chi connectivity index (χ4n) is 6.66. The van der Waals surface area contributed by atoms with E-state index in [2.05, 4.69) is 10.3 Å². The van der Waals surface area contributed by atoms with Gasteiger partial charge in [0.1, 0.15) is 0 Å². The molecule has 3 saturated carbocycles. The fraction of sp³-hybridized carbons (Fsp3) is 0.812. The van der Waals surface area contributed by atoms with Gasteiger partial charge in [0, 0.05) is 45.1 Å². The van der Waals surface area contributed by atoms with Crippen LogP contribution in [0, 0.1) is 23.7 Å². The van der Waals surface area contributed by atoms with E-state index in [1.807, 2.05) is 5.38 Å². The van der Waals surface area contributed by atoms with Gasteiger partial charge < -0.3 is 20.2 Å². The number of hydrogen-bond acceptors (Lipinski definition) is 6. The zero-order valence-corrected chi connectivity index (χ0v) is 26.1. The average molecular weight is 589 g/mol. The van der Waals surface area contributed by atoms with E-state index < -0.39 is 12.0 Å². The molecule has 1 heterocycles. The van der Waals surface area contributed by atoms with Crippen molar-refractivity contribution in [2.45, 2.75) is 115 Å². The molecule has 0 aliphatic heterocycles. The Kier molecular flexibility index (Phi) is 12.5. The molecule has 0 radical (unpaired) electrons. The summed E-state index contributed by atoms with van der Waals surface area (Å²) < 4.78 is 0. The van der Waals surface area contributed by atoms with Crippen molar-refractivity contribution in [3.05, 3.63) is 16.6 Å². The van der Waals surface area contributed by atoms with Crippen molar-refractivity contribution in [1.29, 1.82) is 0 Å². The van der Waals surface area contributed by atoms with E-state index in [1.165, 1.54) is 41.9 Å². The van der Waals surface area contributed by atoms with E-state index in [-0.39, 0.29) is 36.7 Å². The fourth-order valence-corrected chi connectivity index (χ4v) is 7.35. The Hall–Kier alpha value is -2.00. The number of aliphatic hydroxyl groups excluding tert-OH is 1. The van der Waals surface area contributed by atoms with Gasteiger partial charge in [-0.25, -0.2) is 4.98 Å². The van der Waals surface area contributed by atoms with Gasteiger partial charge in [0.25, 0.3) is 0 Å². The van der Waals surface area contributed by atoms with Crippen LogP contribution in [0.25, 0.3) is 0 Å². The Labute approximate surface area is 250 Å².